The van der Waals surface area contributed by atoms with Crippen LogP contribution in [-0.4, -0.2) is 61.4 Å². The fourth-order valence-corrected chi connectivity index (χ4v) is 2.02. The van der Waals surface area contributed by atoms with Gasteiger partial charge in [-0.3, -0.25) is 4.79 Å². The quantitative estimate of drug-likeness (QED) is 0.767. The molecule has 7 nitrogen and oxygen atoms in total. The highest BCUT2D eigenvalue weighted by Gasteiger charge is 2.31. The number of piperidine rings is 1. The van der Waals surface area contributed by atoms with Crippen molar-refractivity contribution in [2.75, 3.05) is 26.8 Å². The Kier molecular flexibility index (Phi) is 5.76. The summed E-state index contributed by atoms with van der Waals surface area (Å²) in [5.74, 6) is -0.101. The molecule has 0 saturated carbocycles. The van der Waals surface area contributed by atoms with Gasteiger partial charge in [0.15, 0.2) is 0 Å². The normalized spacial score (nSPS) is 23.4. The van der Waals surface area contributed by atoms with E-state index in [0.717, 1.165) is 0 Å². The van der Waals surface area contributed by atoms with Crippen molar-refractivity contribution in [3.05, 3.63) is 0 Å². The standard InChI is InChI=1S/C13H25N3O4/c1-13(2,3)20-12(18)15-10-7-16(6-5-9(10)14)11(17)8-19-4/h9-10H,5-8,14H2,1-4H3,(H,15,18)/t9-,10+/m0/s1. The predicted molar refractivity (Wildman–Crippen MR) is 74.2 cm³/mol. The Hall–Kier alpha value is -1.34. The molecule has 7 heteroatoms. The molecule has 0 aromatic rings. The average Bonchev–Trinajstić information content (AvgIpc) is 2.29. The van der Waals surface area contributed by atoms with Crippen LogP contribution < -0.4 is 11.1 Å². The van der Waals surface area contributed by atoms with Crippen molar-refractivity contribution in [1.29, 1.82) is 0 Å². The van der Waals surface area contributed by atoms with E-state index in [-0.39, 0.29) is 24.6 Å². The van der Waals surface area contributed by atoms with Gasteiger partial charge in [-0.25, -0.2) is 4.79 Å². The fourth-order valence-electron chi connectivity index (χ4n) is 2.02. The molecule has 1 fully saturated rings. The number of rotatable bonds is 3. The van der Waals surface area contributed by atoms with Crippen LogP contribution in [0.2, 0.25) is 0 Å². The fraction of sp³-hybridized carbons (Fsp3) is 0.846. The molecule has 2 amide bonds. The third-order valence-corrected chi connectivity index (χ3v) is 2.99. The largest absolute Gasteiger partial charge is 0.444 e. The molecule has 0 unspecified atom stereocenters. The van der Waals surface area contributed by atoms with Crippen molar-refractivity contribution in [3.63, 3.8) is 0 Å². The maximum Gasteiger partial charge on any atom is 0.407 e. The molecule has 0 radical (unpaired) electrons. The Bertz CT molecular complexity index is 354. The van der Waals surface area contributed by atoms with E-state index in [4.69, 9.17) is 15.2 Å². The molecule has 116 valence electrons. The molecule has 3 N–H and O–H groups in total. The second kappa shape index (κ2) is 6.90. The summed E-state index contributed by atoms with van der Waals surface area (Å²) in [5.41, 5.74) is 5.43. The van der Waals surface area contributed by atoms with Gasteiger partial charge in [-0.1, -0.05) is 0 Å². The van der Waals surface area contributed by atoms with Crippen LogP contribution >= 0.6 is 0 Å². The van der Waals surface area contributed by atoms with Crippen molar-refractivity contribution in [1.82, 2.24) is 10.2 Å². The summed E-state index contributed by atoms with van der Waals surface area (Å²) < 4.78 is 10.0. The number of amides is 2. The first-order valence-electron chi connectivity index (χ1n) is 6.74. The third kappa shape index (κ3) is 5.34. The van der Waals surface area contributed by atoms with Crippen LogP contribution in [0.4, 0.5) is 4.79 Å². The lowest BCUT2D eigenvalue weighted by Gasteiger charge is -2.37. The second-order valence-corrected chi connectivity index (χ2v) is 5.98. The maximum absolute atomic E-state index is 11.8. The van der Waals surface area contributed by atoms with Crippen LogP contribution in [0.3, 0.4) is 0 Å². The molecule has 1 heterocycles. The minimum absolute atomic E-state index is 0.0361. The van der Waals surface area contributed by atoms with Crippen LogP contribution in [0.1, 0.15) is 27.2 Å². The van der Waals surface area contributed by atoms with Crippen LogP contribution in [-0.2, 0) is 14.3 Å². The smallest absolute Gasteiger partial charge is 0.407 e. The van der Waals surface area contributed by atoms with Gasteiger partial charge in [0.2, 0.25) is 5.91 Å². The van der Waals surface area contributed by atoms with E-state index in [1.807, 2.05) is 0 Å². The van der Waals surface area contributed by atoms with Gasteiger partial charge >= 0.3 is 6.09 Å². The molecule has 1 saturated heterocycles. The van der Waals surface area contributed by atoms with Gasteiger partial charge < -0.3 is 25.4 Å². The van der Waals surface area contributed by atoms with Crippen molar-refractivity contribution in [2.45, 2.75) is 44.9 Å². The molecular formula is C13H25N3O4. The number of hydrogen-bond donors (Lipinski definition) is 2. The highest BCUT2D eigenvalue weighted by atomic mass is 16.6. The van der Waals surface area contributed by atoms with Crippen molar-refractivity contribution >= 4 is 12.0 Å². The third-order valence-electron chi connectivity index (χ3n) is 2.99. The second-order valence-electron chi connectivity index (χ2n) is 5.98. The number of carbonyl (C=O) groups excluding carboxylic acids is 2. The Morgan fingerprint density at radius 1 is 1.40 bits per heavy atom. The molecular weight excluding hydrogens is 262 g/mol. The van der Waals surface area contributed by atoms with E-state index in [0.29, 0.717) is 19.5 Å². The molecule has 20 heavy (non-hydrogen) atoms. The lowest BCUT2D eigenvalue weighted by Crippen LogP contribution is -2.60. The zero-order valence-corrected chi connectivity index (χ0v) is 12.6. The molecule has 0 aromatic heterocycles. The van der Waals surface area contributed by atoms with E-state index in [9.17, 15) is 9.59 Å². The van der Waals surface area contributed by atoms with Crippen LogP contribution in [0.15, 0.2) is 0 Å². The number of nitrogens with one attached hydrogen (secondary N) is 1. The monoisotopic (exact) mass is 287 g/mol. The van der Waals surface area contributed by atoms with Gasteiger partial charge in [-0.05, 0) is 27.2 Å². The number of carbonyl (C=O) groups is 2. The Morgan fingerprint density at radius 3 is 2.60 bits per heavy atom. The molecule has 1 rings (SSSR count). The summed E-state index contributed by atoms with van der Waals surface area (Å²) >= 11 is 0. The molecule has 0 spiro atoms. The minimum Gasteiger partial charge on any atom is -0.444 e. The summed E-state index contributed by atoms with van der Waals surface area (Å²) in [4.78, 5) is 25.2. The van der Waals surface area contributed by atoms with E-state index in [1.54, 1.807) is 25.7 Å². The highest BCUT2D eigenvalue weighted by molar-refractivity contribution is 5.77. The Labute approximate surface area is 119 Å². The number of nitrogens with zero attached hydrogens (tertiary/aromatic N) is 1. The van der Waals surface area contributed by atoms with Crippen molar-refractivity contribution in [2.24, 2.45) is 5.73 Å². The first-order valence-corrected chi connectivity index (χ1v) is 6.74. The number of methoxy groups -OCH3 is 1. The molecule has 0 aliphatic carbocycles. The highest BCUT2D eigenvalue weighted by Crippen LogP contribution is 2.12. The van der Waals surface area contributed by atoms with Crippen LogP contribution in [0, 0.1) is 0 Å². The number of ether oxygens (including phenoxy) is 2. The topological polar surface area (TPSA) is 93.9 Å². The van der Waals surface area contributed by atoms with Gasteiger partial charge in [-0.15, -0.1) is 0 Å². The average molecular weight is 287 g/mol. The summed E-state index contributed by atoms with van der Waals surface area (Å²) in [6.07, 6.45) is 0.120. The van der Waals surface area contributed by atoms with Crippen LogP contribution in [0.25, 0.3) is 0 Å². The van der Waals surface area contributed by atoms with Gasteiger partial charge in [0.1, 0.15) is 12.2 Å². The Balaban J connectivity index is 2.54. The number of hydrogen-bond acceptors (Lipinski definition) is 5. The summed E-state index contributed by atoms with van der Waals surface area (Å²) in [7, 11) is 1.48. The SMILES string of the molecule is COCC(=O)N1CC[C@H](N)[C@H](NC(=O)OC(C)(C)C)C1. The molecule has 1 aliphatic heterocycles. The lowest BCUT2D eigenvalue weighted by molar-refractivity contribution is -0.136. The van der Waals surface area contributed by atoms with E-state index in [1.165, 1.54) is 7.11 Å². The molecule has 2 atom stereocenters. The number of likely N-dealkylation sites (tertiary alicyclic amines) is 1. The van der Waals surface area contributed by atoms with Gasteiger partial charge in [0.25, 0.3) is 0 Å². The van der Waals surface area contributed by atoms with Gasteiger partial charge in [0, 0.05) is 26.2 Å². The summed E-state index contributed by atoms with van der Waals surface area (Å²) in [6, 6.07) is -0.492. The minimum atomic E-state index is -0.561. The number of alkyl carbamates (subject to hydrolysis) is 1. The summed E-state index contributed by atoms with van der Waals surface area (Å²) in [5, 5.41) is 2.73. The van der Waals surface area contributed by atoms with E-state index >= 15 is 0 Å². The first kappa shape index (κ1) is 16.7. The van der Waals surface area contributed by atoms with Crippen molar-refractivity contribution < 1.29 is 19.1 Å². The molecule has 0 bridgehead atoms. The van der Waals surface area contributed by atoms with Crippen molar-refractivity contribution in [3.8, 4) is 0 Å². The Morgan fingerprint density at radius 2 is 2.05 bits per heavy atom. The van der Waals surface area contributed by atoms with E-state index < -0.39 is 11.7 Å². The molecule has 1 aliphatic rings. The first-order chi connectivity index (χ1) is 9.23. The van der Waals surface area contributed by atoms with Gasteiger partial charge in [0.05, 0.1) is 6.04 Å². The molecule has 0 aromatic carbocycles. The zero-order chi connectivity index (χ0) is 15.3. The van der Waals surface area contributed by atoms with E-state index in [2.05, 4.69) is 5.32 Å². The lowest BCUT2D eigenvalue weighted by atomic mass is 10.0. The van der Waals surface area contributed by atoms with Crippen LogP contribution in [0.5, 0.6) is 0 Å². The zero-order valence-electron chi connectivity index (χ0n) is 12.6. The predicted octanol–water partition coefficient (Wildman–Crippen LogP) is 0.0857. The summed E-state index contributed by atoms with van der Waals surface area (Å²) in [6.45, 7) is 6.37. The number of nitrogens with two attached hydrogens (primary N) is 1. The maximum atomic E-state index is 11.8. The van der Waals surface area contributed by atoms with Gasteiger partial charge in [-0.2, -0.15) is 0 Å².